The number of benzene rings is 1. The van der Waals surface area contributed by atoms with Crippen LogP contribution in [-0.2, 0) is 16.6 Å². The van der Waals surface area contributed by atoms with Gasteiger partial charge in [-0.1, -0.05) is 17.7 Å². The second-order valence-electron chi connectivity index (χ2n) is 6.85. The van der Waals surface area contributed by atoms with Crippen LogP contribution in [0.25, 0.3) is 0 Å². The lowest BCUT2D eigenvalue weighted by atomic mass is 10.1. The molecule has 1 amide bonds. The fraction of sp³-hybridized carbons (Fsp3) is 0.368. The fourth-order valence-corrected chi connectivity index (χ4v) is 3.73. The van der Waals surface area contributed by atoms with Crippen molar-refractivity contribution >= 4 is 21.6 Å². The van der Waals surface area contributed by atoms with Crippen molar-refractivity contribution in [3.05, 3.63) is 59.4 Å². The minimum atomic E-state index is -3.46. The molecule has 8 heteroatoms. The van der Waals surface area contributed by atoms with Gasteiger partial charge < -0.3 is 4.90 Å². The number of nitrogens with zero attached hydrogens (tertiary/aromatic N) is 3. The lowest BCUT2D eigenvalue weighted by Crippen LogP contribution is -2.48. The van der Waals surface area contributed by atoms with Crippen LogP contribution in [0.4, 0.5) is 5.69 Å². The van der Waals surface area contributed by atoms with Crippen LogP contribution in [-0.4, -0.2) is 61.5 Å². The van der Waals surface area contributed by atoms with Crippen LogP contribution in [0, 0.1) is 6.92 Å². The molecular formula is C19H24N4O3S. The summed E-state index contributed by atoms with van der Waals surface area (Å²) in [5.41, 5.74) is 2.77. The minimum absolute atomic E-state index is 0.147. The topological polar surface area (TPSA) is 82.6 Å². The number of rotatable bonds is 5. The summed E-state index contributed by atoms with van der Waals surface area (Å²) in [4.78, 5) is 21.2. The number of nitrogens with one attached hydrogen (secondary N) is 1. The molecule has 2 aromatic rings. The lowest BCUT2D eigenvalue weighted by molar-refractivity contribution is 0.0629. The maximum atomic E-state index is 13.0. The predicted molar refractivity (Wildman–Crippen MR) is 105 cm³/mol. The number of amides is 1. The van der Waals surface area contributed by atoms with Gasteiger partial charge in [0.2, 0.25) is 10.0 Å². The van der Waals surface area contributed by atoms with Crippen molar-refractivity contribution in [2.45, 2.75) is 13.5 Å². The molecule has 144 valence electrons. The Morgan fingerprint density at radius 2 is 1.93 bits per heavy atom. The third-order valence-corrected chi connectivity index (χ3v) is 5.08. The number of sulfonamides is 1. The van der Waals surface area contributed by atoms with E-state index in [0.29, 0.717) is 24.3 Å². The monoisotopic (exact) mass is 388 g/mol. The van der Waals surface area contributed by atoms with Gasteiger partial charge in [0.1, 0.15) is 0 Å². The summed E-state index contributed by atoms with van der Waals surface area (Å²) in [6, 6.07) is 9.12. The van der Waals surface area contributed by atoms with Gasteiger partial charge in [-0.15, -0.1) is 0 Å². The Labute approximate surface area is 160 Å². The molecule has 0 aliphatic carbocycles. The smallest absolute Gasteiger partial charge is 0.256 e. The van der Waals surface area contributed by atoms with Gasteiger partial charge in [-0.2, -0.15) is 0 Å². The maximum Gasteiger partial charge on any atom is 0.256 e. The molecule has 0 spiro atoms. The molecule has 0 saturated carbocycles. The van der Waals surface area contributed by atoms with Crippen LogP contribution in [0.1, 0.15) is 21.5 Å². The molecule has 1 aliphatic heterocycles. The zero-order valence-corrected chi connectivity index (χ0v) is 16.4. The van der Waals surface area contributed by atoms with E-state index < -0.39 is 10.0 Å². The van der Waals surface area contributed by atoms with Crippen molar-refractivity contribution in [1.29, 1.82) is 0 Å². The highest BCUT2D eigenvalue weighted by molar-refractivity contribution is 7.92. The van der Waals surface area contributed by atoms with E-state index >= 15 is 0 Å². The van der Waals surface area contributed by atoms with Crippen LogP contribution in [0.2, 0.25) is 0 Å². The van der Waals surface area contributed by atoms with Crippen molar-refractivity contribution in [2.75, 3.05) is 37.2 Å². The molecule has 2 heterocycles. The number of aromatic nitrogens is 1. The SMILES string of the molecule is Cc1ccc(NS(C)(=O)=O)c(C(=O)N2CCN(Cc3cccnc3)CC2)c1. The summed E-state index contributed by atoms with van der Waals surface area (Å²) in [6.45, 7) is 5.42. The lowest BCUT2D eigenvalue weighted by Gasteiger charge is -2.35. The Hall–Kier alpha value is -2.45. The molecular weight excluding hydrogens is 364 g/mol. The Morgan fingerprint density at radius 1 is 1.19 bits per heavy atom. The summed E-state index contributed by atoms with van der Waals surface area (Å²) in [5.74, 6) is -0.147. The highest BCUT2D eigenvalue weighted by Crippen LogP contribution is 2.21. The van der Waals surface area contributed by atoms with Crippen LogP contribution in [0.3, 0.4) is 0 Å². The van der Waals surface area contributed by atoms with E-state index in [4.69, 9.17) is 0 Å². The number of carbonyl (C=O) groups is 1. The fourth-order valence-electron chi connectivity index (χ4n) is 3.15. The molecule has 1 aromatic carbocycles. The zero-order chi connectivity index (χ0) is 19.4. The summed E-state index contributed by atoms with van der Waals surface area (Å²) in [5, 5.41) is 0. The summed E-state index contributed by atoms with van der Waals surface area (Å²) >= 11 is 0. The normalized spacial score (nSPS) is 15.6. The number of hydrogen-bond acceptors (Lipinski definition) is 5. The third-order valence-electron chi connectivity index (χ3n) is 4.49. The highest BCUT2D eigenvalue weighted by atomic mass is 32.2. The van der Waals surface area contributed by atoms with Crippen molar-refractivity contribution in [3.63, 3.8) is 0 Å². The third kappa shape index (κ3) is 5.27. The summed E-state index contributed by atoms with van der Waals surface area (Å²) in [6.07, 6.45) is 4.69. The standard InChI is InChI=1S/C19H24N4O3S/c1-15-5-6-18(21-27(2,25)26)17(12-15)19(24)23-10-8-22(9-11-23)14-16-4-3-7-20-13-16/h3-7,12-13,21H,8-11,14H2,1-2H3. The Balaban J connectivity index is 1.68. The Bertz CT molecular complexity index is 908. The van der Waals surface area contributed by atoms with Gasteiger partial charge in [-0.05, 0) is 30.7 Å². The van der Waals surface area contributed by atoms with Gasteiger partial charge in [0, 0.05) is 45.1 Å². The number of pyridine rings is 1. The number of aryl methyl sites for hydroxylation is 1. The molecule has 3 rings (SSSR count). The van der Waals surface area contributed by atoms with Gasteiger partial charge in [0.25, 0.3) is 5.91 Å². The molecule has 1 aliphatic rings. The first kappa shape index (κ1) is 19.3. The van der Waals surface area contributed by atoms with E-state index in [2.05, 4.69) is 14.6 Å². The van der Waals surface area contributed by atoms with Crippen LogP contribution < -0.4 is 4.72 Å². The number of piperazine rings is 1. The Morgan fingerprint density at radius 3 is 2.56 bits per heavy atom. The number of anilines is 1. The van der Waals surface area contributed by atoms with Crippen molar-refractivity contribution in [2.24, 2.45) is 0 Å². The van der Waals surface area contributed by atoms with Gasteiger partial charge in [0.15, 0.2) is 0 Å². The molecule has 1 saturated heterocycles. The van der Waals surface area contributed by atoms with Crippen molar-refractivity contribution < 1.29 is 13.2 Å². The van der Waals surface area contributed by atoms with Crippen LogP contribution in [0.15, 0.2) is 42.7 Å². The zero-order valence-electron chi connectivity index (χ0n) is 15.6. The maximum absolute atomic E-state index is 13.0. The minimum Gasteiger partial charge on any atom is -0.336 e. The Kier molecular flexibility index (Phi) is 5.76. The van der Waals surface area contributed by atoms with Crippen LogP contribution in [0.5, 0.6) is 0 Å². The average Bonchev–Trinajstić information content (AvgIpc) is 2.63. The molecule has 0 bridgehead atoms. The first-order chi connectivity index (χ1) is 12.8. The van der Waals surface area contributed by atoms with Gasteiger partial charge in [0.05, 0.1) is 17.5 Å². The number of carbonyl (C=O) groups excluding carboxylic acids is 1. The average molecular weight is 388 g/mol. The molecule has 7 nitrogen and oxygen atoms in total. The van der Waals surface area contributed by atoms with E-state index in [0.717, 1.165) is 37.0 Å². The second-order valence-corrected chi connectivity index (χ2v) is 8.60. The molecule has 0 radical (unpaired) electrons. The summed E-state index contributed by atoms with van der Waals surface area (Å²) in [7, 11) is -3.46. The first-order valence-electron chi connectivity index (χ1n) is 8.81. The number of hydrogen-bond donors (Lipinski definition) is 1. The van der Waals surface area contributed by atoms with Crippen LogP contribution >= 0.6 is 0 Å². The molecule has 1 aromatic heterocycles. The quantitative estimate of drug-likeness (QED) is 0.843. The highest BCUT2D eigenvalue weighted by Gasteiger charge is 2.24. The van der Waals surface area contributed by atoms with Gasteiger partial charge in [-0.3, -0.25) is 19.4 Å². The predicted octanol–water partition coefficient (Wildman–Crippen LogP) is 1.72. The van der Waals surface area contributed by atoms with Gasteiger partial charge >= 0.3 is 0 Å². The van der Waals surface area contributed by atoms with E-state index in [9.17, 15) is 13.2 Å². The second kappa shape index (κ2) is 8.06. The van der Waals surface area contributed by atoms with Gasteiger partial charge in [-0.25, -0.2) is 8.42 Å². The molecule has 27 heavy (non-hydrogen) atoms. The molecule has 1 fully saturated rings. The van der Waals surface area contributed by atoms with E-state index in [1.54, 1.807) is 29.3 Å². The molecule has 0 atom stereocenters. The molecule has 0 unspecified atom stereocenters. The van der Waals surface area contributed by atoms with E-state index in [1.165, 1.54) is 0 Å². The van der Waals surface area contributed by atoms with Crippen molar-refractivity contribution in [1.82, 2.24) is 14.8 Å². The summed E-state index contributed by atoms with van der Waals surface area (Å²) < 4.78 is 25.7. The molecule has 1 N–H and O–H groups in total. The van der Waals surface area contributed by atoms with E-state index in [-0.39, 0.29) is 5.91 Å². The van der Waals surface area contributed by atoms with E-state index in [1.807, 2.05) is 25.3 Å². The largest absolute Gasteiger partial charge is 0.336 e. The van der Waals surface area contributed by atoms with Crippen molar-refractivity contribution in [3.8, 4) is 0 Å². The first-order valence-corrected chi connectivity index (χ1v) is 10.7.